The average Bonchev–Trinajstić information content (AvgIpc) is 3.04. The summed E-state index contributed by atoms with van der Waals surface area (Å²) in [5.74, 6) is -1.06. The van der Waals surface area contributed by atoms with Crippen LogP contribution in [-0.4, -0.2) is 24.2 Å². The standard InChI is InChI=1S/C20H18F2N2OS2/c1-12-19(26-3)27-20(23-12)24(2)18(25)10-13-4-6-14(7-5-13)16-11-15(21)8-9-17(16)22/h4-9,11H,10H2,1-3H3. The summed E-state index contributed by atoms with van der Waals surface area (Å²) in [5, 5.41) is 0.667. The largest absolute Gasteiger partial charge is 0.291 e. The average molecular weight is 405 g/mol. The Hall–Kier alpha value is -2.25. The van der Waals surface area contributed by atoms with Crippen LogP contribution in [0.25, 0.3) is 11.1 Å². The molecular weight excluding hydrogens is 386 g/mol. The van der Waals surface area contributed by atoms with Crippen LogP contribution in [0.15, 0.2) is 46.7 Å². The minimum Gasteiger partial charge on any atom is -0.291 e. The van der Waals surface area contributed by atoms with Gasteiger partial charge in [-0.05, 0) is 42.5 Å². The summed E-state index contributed by atoms with van der Waals surface area (Å²) in [7, 11) is 1.71. The lowest BCUT2D eigenvalue weighted by Gasteiger charge is -2.14. The molecule has 0 N–H and O–H groups in total. The molecule has 0 saturated carbocycles. The fourth-order valence-electron chi connectivity index (χ4n) is 2.62. The first-order valence-electron chi connectivity index (χ1n) is 8.21. The number of hydrogen-bond acceptors (Lipinski definition) is 4. The second-order valence-electron chi connectivity index (χ2n) is 6.02. The number of amides is 1. The Morgan fingerprint density at radius 3 is 2.52 bits per heavy atom. The highest BCUT2D eigenvalue weighted by Crippen LogP contribution is 2.32. The van der Waals surface area contributed by atoms with Crippen LogP contribution in [0.4, 0.5) is 13.9 Å². The SMILES string of the molecule is CSc1sc(N(C)C(=O)Cc2ccc(-c3cc(F)ccc3F)cc2)nc1C. The van der Waals surface area contributed by atoms with E-state index in [2.05, 4.69) is 4.98 Å². The zero-order valence-electron chi connectivity index (χ0n) is 15.1. The number of carbonyl (C=O) groups excluding carboxylic acids is 1. The van der Waals surface area contributed by atoms with E-state index in [4.69, 9.17) is 0 Å². The molecule has 0 spiro atoms. The van der Waals surface area contributed by atoms with Crippen molar-refractivity contribution in [2.75, 3.05) is 18.2 Å². The fourth-order valence-corrected chi connectivity index (χ4v) is 4.30. The normalized spacial score (nSPS) is 10.9. The van der Waals surface area contributed by atoms with E-state index in [9.17, 15) is 13.6 Å². The van der Waals surface area contributed by atoms with E-state index >= 15 is 0 Å². The van der Waals surface area contributed by atoms with Crippen LogP contribution in [0.1, 0.15) is 11.3 Å². The molecule has 2 aromatic carbocycles. The maximum atomic E-state index is 13.9. The van der Waals surface area contributed by atoms with E-state index in [1.165, 1.54) is 11.3 Å². The van der Waals surface area contributed by atoms with Crippen LogP contribution in [0, 0.1) is 18.6 Å². The van der Waals surface area contributed by atoms with Gasteiger partial charge in [0.15, 0.2) is 5.13 Å². The van der Waals surface area contributed by atoms with E-state index in [0.29, 0.717) is 10.7 Å². The predicted molar refractivity (Wildman–Crippen MR) is 108 cm³/mol. The lowest BCUT2D eigenvalue weighted by molar-refractivity contribution is -0.117. The molecular formula is C20H18F2N2OS2. The van der Waals surface area contributed by atoms with Crippen molar-refractivity contribution in [3.05, 3.63) is 65.4 Å². The minimum atomic E-state index is -0.490. The van der Waals surface area contributed by atoms with Gasteiger partial charge in [-0.2, -0.15) is 0 Å². The molecule has 1 heterocycles. The lowest BCUT2D eigenvalue weighted by atomic mass is 10.0. The molecule has 0 aliphatic rings. The van der Waals surface area contributed by atoms with Crippen molar-refractivity contribution >= 4 is 34.1 Å². The Morgan fingerprint density at radius 1 is 1.19 bits per heavy atom. The quantitative estimate of drug-likeness (QED) is 0.539. The number of aryl methyl sites for hydroxylation is 1. The molecule has 0 unspecified atom stereocenters. The van der Waals surface area contributed by atoms with Crippen molar-refractivity contribution in [1.29, 1.82) is 0 Å². The number of thiazole rings is 1. The highest BCUT2D eigenvalue weighted by atomic mass is 32.2. The number of thioether (sulfide) groups is 1. The fraction of sp³-hybridized carbons (Fsp3) is 0.200. The van der Waals surface area contributed by atoms with Crippen molar-refractivity contribution in [3.63, 3.8) is 0 Å². The number of likely N-dealkylation sites (N-methyl/N-ethyl adjacent to an activating group) is 1. The Labute approximate surface area is 165 Å². The third-order valence-corrected chi connectivity index (χ3v) is 6.58. The van der Waals surface area contributed by atoms with Crippen LogP contribution >= 0.6 is 23.1 Å². The van der Waals surface area contributed by atoms with Gasteiger partial charge in [0.05, 0.1) is 16.3 Å². The lowest BCUT2D eigenvalue weighted by Crippen LogP contribution is -2.27. The second kappa shape index (κ2) is 8.19. The molecule has 1 aromatic heterocycles. The third-order valence-electron chi connectivity index (χ3n) is 4.14. The van der Waals surface area contributed by atoms with Crippen molar-refractivity contribution in [1.82, 2.24) is 4.98 Å². The first-order valence-corrected chi connectivity index (χ1v) is 10.3. The second-order valence-corrected chi connectivity index (χ2v) is 8.08. The first kappa shape index (κ1) is 19.5. The van der Waals surface area contributed by atoms with Gasteiger partial charge in [0.2, 0.25) is 5.91 Å². The van der Waals surface area contributed by atoms with Gasteiger partial charge in [-0.3, -0.25) is 9.69 Å². The van der Waals surface area contributed by atoms with Gasteiger partial charge in [0.25, 0.3) is 0 Å². The molecule has 3 nitrogen and oxygen atoms in total. The number of halogens is 2. The number of anilines is 1. The van der Waals surface area contributed by atoms with Crippen LogP contribution in [-0.2, 0) is 11.2 Å². The maximum Gasteiger partial charge on any atom is 0.232 e. The predicted octanol–water partition coefficient (Wildman–Crippen LogP) is 5.32. The smallest absolute Gasteiger partial charge is 0.232 e. The molecule has 0 aliphatic carbocycles. The van der Waals surface area contributed by atoms with Crippen LogP contribution < -0.4 is 4.90 Å². The molecule has 0 saturated heterocycles. The number of aromatic nitrogens is 1. The first-order chi connectivity index (χ1) is 12.9. The molecule has 0 atom stereocenters. The summed E-state index contributed by atoms with van der Waals surface area (Å²) in [6.07, 6.45) is 2.19. The van der Waals surface area contributed by atoms with Crippen LogP contribution in [0.5, 0.6) is 0 Å². The van der Waals surface area contributed by atoms with Crippen molar-refractivity contribution < 1.29 is 13.6 Å². The van der Waals surface area contributed by atoms with Gasteiger partial charge in [0, 0.05) is 12.6 Å². The summed E-state index contributed by atoms with van der Waals surface area (Å²) in [6, 6.07) is 10.3. The van der Waals surface area contributed by atoms with Gasteiger partial charge in [-0.15, -0.1) is 11.8 Å². The Bertz CT molecular complexity index is 971. The van der Waals surface area contributed by atoms with Crippen LogP contribution in [0.3, 0.4) is 0 Å². The molecule has 1 amide bonds. The Balaban J connectivity index is 1.74. The molecule has 0 bridgehead atoms. The van der Waals surface area contributed by atoms with Gasteiger partial charge in [-0.1, -0.05) is 35.6 Å². The Morgan fingerprint density at radius 2 is 1.89 bits per heavy atom. The minimum absolute atomic E-state index is 0.0823. The molecule has 3 aromatic rings. The zero-order chi connectivity index (χ0) is 19.6. The number of rotatable bonds is 5. The number of nitrogens with zero attached hydrogens (tertiary/aromatic N) is 2. The van der Waals surface area contributed by atoms with E-state index in [1.807, 2.05) is 13.2 Å². The van der Waals surface area contributed by atoms with Gasteiger partial charge in [0.1, 0.15) is 11.6 Å². The number of hydrogen-bond donors (Lipinski definition) is 0. The molecule has 3 rings (SSSR count). The summed E-state index contributed by atoms with van der Waals surface area (Å²) >= 11 is 3.10. The monoisotopic (exact) mass is 404 g/mol. The van der Waals surface area contributed by atoms with Crippen molar-refractivity contribution in [2.45, 2.75) is 17.6 Å². The third kappa shape index (κ3) is 4.36. The van der Waals surface area contributed by atoms with E-state index in [-0.39, 0.29) is 17.9 Å². The Kier molecular flexibility index (Phi) is 5.92. The highest BCUT2D eigenvalue weighted by Gasteiger charge is 2.17. The molecule has 140 valence electrons. The molecule has 7 heteroatoms. The van der Waals surface area contributed by atoms with Crippen LogP contribution in [0.2, 0.25) is 0 Å². The van der Waals surface area contributed by atoms with E-state index in [0.717, 1.165) is 33.7 Å². The number of benzene rings is 2. The summed E-state index contributed by atoms with van der Waals surface area (Å²) in [4.78, 5) is 18.5. The molecule has 0 fully saturated rings. The summed E-state index contributed by atoms with van der Waals surface area (Å²) in [6.45, 7) is 1.93. The topological polar surface area (TPSA) is 33.2 Å². The van der Waals surface area contributed by atoms with Gasteiger partial charge < -0.3 is 0 Å². The zero-order valence-corrected chi connectivity index (χ0v) is 16.8. The highest BCUT2D eigenvalue weighted by molar-refractivity contribution is 8.00. The van der Waals surface area contributed by atoms with Crippen molar-refractivity contribution in [2.24, 2.45) is 0 Å². The summed E-state index contributed by atoms with van der Waals surface area (Å²) < 4.78 is 28.3. The maximum absolute atomic E-state index is 13.9. The molecule has 0 aliphatic heterocycles. The molecule has 0 radical (unpaired) electrons. The van der Waals surface area contributed by atoms with E-state index < -0.39 is 11.6 Å². The van der Waals surface area contributed by atoms with Gasteiger partial charge >= 0.3 is 0 Å². The summed E-state index contributed by atoms with van der Waals surface area (Å²) in [5.41, 5.74) is 2.49. The van der Waals surface area contributed by atoms with Crippen molar-refractivity contribution in [3.8, 4) is 11.1 Å². The van der Waals surface area contributed by atoms with Gasteiger partial charge in [-0.25, -0.2) is 13.8 Å². The molecule has 27 heavy (non-hydrogen) atoms. The van der Waals surface area contributed by atoms with E-state index in [1.54, 1.807) is 48.0 Å². The number of carbonyl (C=O) groups is 1.